The van der Waals surface area contributed by atoms with Gasteiger partial charge < -0.3 is 5.32 Å². The molecule has 2 aliphatic rings. The van der Waals surface area contributed by atoms with E-state index in [0.717, 1.165) is 37.8 Å². The normalized spacial score (nSPS) is 27.9. The van der Waals surface area contributed by atoms with Crippen molar-refractivity contribution in [1.29, 1.82) is 0 Å². The molecular weight excluding hydrogens is 250 g/mol. The third-order valence-electron chi connectivity index (χ3n) is 4.70. The van der Waals surface area contributed by atoms with E-state index in [2.05, 4.69) is 38.8 Å². The molecule has 0 radical (unpaired) electrons. The molecule has 20 heavy (non-hydrogen) atoms. The molecule has 112 valence electrons. The van der Waals surface area contributed by atoms with Crippen molar-refractivity contribution >= 4 is 0 Å². The molecule has 0 bridgehead atoms. The summed E-state index contributed by atoms with van der Waals surface area (Å²) in [6.45, 7) is 8.69. The van der Waals surface area contributed by atoms with Crippen molar-refractivity contribution in [2.45, 2.75) is 64.7 Å². The molecule has 3 rings (SSSR count). The van der Waals surface area contributed by atoms with Crippen LogP contribution in [-0.2, 0) is 13.1 Å². The molecule has 2 unspecified atom stereocenters. The lowest BCUT2D eigenvalue weighted by Crippen LogP contribution is -2.56. The molecule has 0 spiro atoms. The molecule has 2 heterocycles. The van der Waals surface area contributed by atoms with Crippen LogP contribution in [0.2, 0.25) is 0 Å². The van der Waals surface area contributed by atoms with Crippen molar-refractivity contribution in [2.24, 2.45) is 5.92 Å². The molecule has 2 atom stereocenters. The van der Waals surface area contributed by atoms with Crippen LogP contribution in [0.15, 0.2) is 6.33 Å². The SMILES string of the molecule is CCCn1ncnc1CN1CC(C2CC2)NCC1CC. The number of hydrogen-bond donors (Lipinski definition) is 1. The van der Waals surface area contributed by atoms with Crippen molar-refractivity contribution in [2.75, 3.05) is 13.1 Å². The second-order valence-electron chi connectivity index (χ2n) is 6.24. The minimum absolute atomic E-state index is 0.636. The van der Waals surface area contributed by atoms with Gasteiger partial charge in [-0.3, -0.25) is 4.90 Å². The van der Waals surface area contributed by atoms with Crippen LogP contribution < -0.4 is 5.32 Å². The first-order valence-electron chi connectivity index (χ1n) is 8.16. The lowest BCUT2D eigenvalue weighted by molar-refractivity contribution is 0.107. The van der Waals surface area contributed by atoms with Crippen molar-refractivity contribution in [1.82, 2.24) is 25.0 Å². The van der Waals surface area contributed by atoms with Gasteiger partial charge in [0.05, 0.1) is 6.54 Å². The Morgan fingerprint density at radius 2 is 2.20 bits per heavy atom. The molecule has 1 N–H and O–H groups in total. The van der Waals surface area contributed by atoms with Gasteiger partial charge in [0.2, 0.25) is 0 Å². The number of hydrogen-bond acceptors (Lipinski definition) is 4. The van der Waals surface area contributed by atoms with E-state index in [4.69, 9.17) is 0 Å². The van der Waals surface area contributed by atoms with Crippen molar-refractivity contribution < 1.29 is 0 Å². The number of piperazine rings is 1. The Kier molecular flexibility index (Phi) is 4.36. The first kappa shape index (κ1) is 14.0. The average Bonchev–Trinajstić information content (AvgIpc) is 3.23. The summed E-state index contributed by atoms with van der Waals surface area (Å²) in [5.41, 5.74) is 0. The molecule has 5 nitrogen and oxygen atoms in total. The highest BCUT2D eigenvalue weighted by Crippen LogP contribution is 2.34. The van der Waals surface area contributed by atoms with E-state index in [9.17, 15) is 0 Å². The summed E-state index contributed by atoms with van der Waals surface area (Å²) in [6, 6.07) is 1.33. The van der Waals surface area contributed by atoms with Gasteiger partial charge in [0, 0.05) is 31.7 Å². The molecule has 0 aromatic carbocycles. The number of rotatable bonds is 6. The monoisotopic (exact) mass is 277 g/mol. The van der Waals surface area contributed by atoms with E-state index >= 15 is 0 Å². The van der Waals surface area contributed by atoms with Gasteiger partial charge >= 0.3 is 0 Å². The van der Waals surface area contributed by atoms with Crippen LogP contribution in [0.5, 0.6) is 0 Å². The first-order chi connectivity index (χ1) is 9.81. The Bertz CT molecular complexity index is 426. The predicted molar refractivity (Wildman–Crippen MR) is 79.3 cm³/mol. The summed E-state index contributed by atoms with van der Waals surface area (Å²) in [4.78, 5) is 7.09. The van der Waals surface area contributed by atoms with Crippen LogP contribution in [0.4, 0.5) is 0 Å². The van der Waals surface area contributed by atoms with Crippen LogP contribution in [0, 0.1) is 5.92 Å². The lowest BCUT2D eigenvalue weighted by Gasteiger charge is -2.40. The Morgan fingerprint density at radius 1 is 1.35 bits per heavy atom. The quantitative estimate of drug-likeness (QED) is 0.859. The second-order valence-corrected chi connectivity index (χ2v) is 6.24. The van der Waals surface area contributed by atoms with Gasteiger partial charge in [0.25, 0.3) is 0 Å². The van der Waals surface area contributed by atoms with Crippen LogP contribution >= 0.6 is 0 Å². The highest BCUT2D eigenvalue weighted by molar-refractivity contribution is 4.96. The zero-order chi connectivity index (χ0) is 13.9. The molecular formula is C15H27N5. The summed E-state index contributed by atoms with van der Waals surface area (Å²) < 4.78 is 2.07. The zero-order valence-corrected chi connectivity index (χ0v) is 12.8. The topological polar surface area (TPSA) is 46.0 Å². The lowest BCUT2D eigenvalue weighted by atomic mass is 10.0. The fraction of sp³-hybridized carbons (Fsp3) is 0.867. The van der Waals surface area contributed by atoms with Gasteiger partial charge in [0.1, 0.15) is 12.2 Å². The van der Waals surface area contributed by atoms with Gasteiger partial charge in [-0.1, -0.05) is 13.8 Å². The molecule has 2 fully saturated rings. The molecule has 1 aliphatic carbocycles. The average molecular weight is 277 g/mol. The van der Waals surface area contributed by atoms with E-state index in [1.807, 2.05) is 0 Å². The van der Waals surface area contributed by atoms with Crippen molar-refractivity contribution in [3.05, 3.63) is 12.2 Å². The van der Waals surface area contributed by atoms with Crippen molar-refractivity contribution in [3.8, 4) is 0 Å². The Morgan fingerprint density at radius 3 is 2.90 bits per heavy atom. The minimum Gasteiger partial charge on any atom is -0.311 e. The van der Waals surface area contributed by atoms with Gasteiger partial charge in [-0.25, -0.2) is 9.67 Å². The Hall–Kier alpha value is -0.940. The van der Waals surface area contributed by atoms with Gasteiger partial charge in [-0.05, 0) is 31.6 Å². The second kappa shape index (κ2) is 6.22. The molecule has 0 amide bonds. The van der Waals surface area contributed by atoms with Gasteiger partial charge in [0.15, 0.2) is 0 Å². The maximum atomic E-state index is 4.47. The van der Waals surface area contributed by atoms with Gasteiger partial charge in [-0.2, -0.15) is 5.10 Å². The molecule has 1 saturated heterocycles. The maximum Gasteiger partial charge on any atom is 0.141 e. The third-order valence-corrected chi connectivity index (χ3v) is 4.70. The number of nitrogens with zero attached hydrogens (tertiary/aromatic N) is 4. The van der Waals surface area contributed by atoms with E-state index in [0.29, 0.717) is 12.1 Å². The summed E-state index contributed by atoms with van der Waals surface area (Å²) in [6.07, 6.45) is 6.83. The van der Waals surface area contributed by atoms with E-state index in [1.165, 1.54) is 25.8 Å². The van der Waals surface area contributed by atoms with Crippen LogP contribution in [0.3, 0.4) is 0 Å². The summed E-state index contributed by atoms with van der Waals surface area (Å²) in [7, 11) is 0. The smallest absolute Gasteiger partial charge is 0.141 e. The molecule has 1 saturated carbocycles. The fourth-order valence-corrected chi connectivity index (χ4v) is 3.28. The molecule has 5 heteroatoms. The van der Waals surface area contributed by atoms with E-state index in [1.54, 1.807) is 6.33 Å². The fourth-order valence-electron chi connectivity index (χ4n) is 3.28. The molecule has 1 aromatic heterocycles. The number of aryl methyl sites for hydroxylation is 1. The standard InChI is InChI=1S/C15H27N5/c1-3-7-20-15(17-11-18-20)10-19-9-14(12-5-6-12)16-8-13(19)4-2/h11-14,16H,3-10H2,1-2H3. The Labute approximate surface area is 121 Å². The Balaban J connectivity index is 1.67. The minimum atomic E-state index is 0.636. The summed E-state index contributed by atoms with van der Waals surface area (Å²) >= 11 is 0. The largest absolute Gasteiger partial charge is 0.311 e. The van der Waals surface area contributed by atoms with Crippen molar-refractivity contribution in [3.63, 3.8) is 0 Å². The third kappa shape index (κ3) is 3.04. The zero-order valence-electron chi connectivity index (χ0n) is 12.8. The summed E-state index contributed by atoms with van der Waals surface area (Å²) in [5.74, 6) is 2.05. The van der Waals surface area contributed by atoms with E-state index < -0.39 is 0 Å². The number of aromatic nitrogens is 3. The number of nitrogens with one attached hydrogen (secondary N) is 1. The first-order valence-corrected chi connectivity index (χ1v) is 8.16. The molecule has 1 aliphatic heterocycles. The maximum absolute atomic E-state index is 4.47. The molecule has 1 aromatic rings. The highest BCUT2D eigenvalue weighted by Gasteiger charge is 2.36. The van der Waals surface area contributed by atoms with Gasteiger partial charge in [-0.15, -0.1) is 0 Å². The predicted octanol–water partition coefficient (Wildman–Crippen LogP) is 1.65. The van der Waals surface area contributed by atoms with Crippen LogP contribution in [0.1, 0.15) is 45.4 Å². The van der Waals surface area contributed by atoms with Crippen LogP contribution in [-0.4, -0.2) is 44.8 Å². The highest BCUT2D eigenvalue weighted by atomic mass is 15.4. The van der Waals surface area contributed by atoms with E-state index in [-0.39, 0.29) is 0 Å². The summed E-state index contributed by atoms with van der Waals surface area (Å²) in [5, 5.41) is 8.10. The van der Waals surface area contributed by atoms with Crippen LogP contribution in [0.25, 0.3) is 0 Å².